The van der Waals surface area contributed by atoms with Gasteiger partial charge in [-0.1, -0.05) is 37.3 Å². The number of nitrogens with one attached hydrogen (secondary N) is 2. The molecule has 3 N–H and O–H groups in total. The van der Waals surface area contributed by atoms with Gasteiger partial charge in [-0.15, -0.1) is 0 Å². The van der Waals surface area contributed by atoms with Crippen LogP contribution in [0.1, 0.15) is 34.8 Å². The first-order chi connectivity index (χ1) is 13.1. The molecule has 2 aromatic carbocycles. The van der Waals surface area contributed by atoms with Crippen LogP contribution in [0.3, 0.4) is 0 Å². The summed E-state index contributed by atoms with van der Waals surface area (Å²) < 4.78 is 2.17. The zero-order valence-corrected chi connectivity index (χ0v) is 15.2. The number of aromatic nitrogens is 1. The fourth-order valence-corrected chi connectivity index (χ4v) is 3.14. The lowest BCUT2D eigenvalue weighted by Crippen LogP contribution is -2.24. The van der Waals surface area contributed by atoms with E-state index in [0.717, 1.165) is 17.5 Å². The molecule has 2 amide bonds. The van der Waals surface area contributed by atoms with E-state index in [4.69, 9.17) is 5.21 Å². The molecule has 0 radical (unpaired) electrons. The number of hydrogen-bond donors (Lipinski definition) is 3. The van der Waals surface area contributed by atoms with Crippen LogP contribution in [-0.4, -0.2) is 28.1 Å². The lowest BCUT2D eigenvalue weighted by molar-refractivity contribution is -0.120. The molecule has 6 nitrogen and oxygen atoms in total. The molecule has 3 aromatic rings. The predicted octanol–water partition coefficient (Wildman–Crippen LogP) is 2.88. The average molecular weight is 365 g/mol. The number of para-hydroxylation sites is 1. The van der Waals surface area contributed by atoms with Gasteiger partial charge in [0.05, 0.1) is 0 Å². The summed E-state index contributed by atoms with van der Waals surface area (Å²) in [5.41, 5.74) is 5.42. The van der Waals surface area contributed by atoms with Gasteiger partial charge >= 0.3 is 0 Å². The highest BCUT2D eigenvalue weighted by molar-refractivity contribution is 5.93. The molecule has 0 unspecified atom stereocenters. The number of rotatable bonds is 7. The largest absolute Gasteiger partial charge is 0.356 e. The van der Waals surface area contributed by atoms with Crippen molar-refractivity contribution in [2.75, 3.05) is 6.54 Å². The van der Waals surface area contributed by atoms with Crippen molar-refractivity contribution in [1.82, 2.24) is 15.4 Å². The molecule has 27 heavy (non-hydrogen) atoms. The van der Waals surface area contributed by atoms with Crippen molar-refractivity contribution in [2.24, 2.45) is 0 Å². The summed E-state index contributed by atoms with van der Waals surface area (Å²) >= 11 is 0. The second-order valence-electron chi connectivity index (χ2n) is 6.39. The lowest BCUT2D eigenvalue weighted by Gasteiger charge is -2.06. The first-order valence-electron chi connectivity index (χ1n) is 8.99. The fourth-order valence-electron chi connectivity index (χ4n) is 3.14. The van der Waals surface area contributed by atoms with Gasteiger partial charge in [-0.25, -0.2) is 5.48 Å². The third-order valence-electron chi connectivity index (χ3n) is 4.58. The summed E-state index contributed by atoms with van der Waals surface area (Å²) in [5.74, 6) is -0.463. The number of hydrogen-bond acceptors (Lipinski definition) is 3. The van der Waals surface area contributed by atoms with Gasteiger partial charge in [0.2, 0.25) is 5.91 Å². The van der Waals surface area contributed by atoms with Crippen LogP contribution in [0.5, 0.6) is 0 Å². The quantitative estimate of drug-likeness (QED) is 0.445. The Morgan fingerprint density at radius 1 is 1.07 bits per heavy atom. The molecule has 0 bridgehead atoms. The lowest BCUT2D eigenvalue weighted by atomic mass is 10.1. The predicted molar refractivity (Wildman–Crippen MR) is 104 cm³/mol. The van der Waals surface area contributed by atoms with Gasteiger partial charge in [0, 0.05) is 42.2 Å². The van der Waals surface area contributed by atoms with E-state index < -0.39 is 5.91 Å². The number of fused-ring (bicyclic) bond motifs is 1. The summed E-state index contributed by atoms with van der Waals surface area (Å²) in [5, 5.41) is 12.8. The van der Waals surface area contributed by atoms with Gasteiger partial charge < -0.3 is 9.88 Å². The molecule has 0 aliphatic rings. The normalized spacial score (nSPS) is 10.7. The standard InChI is InChI=1S/C21H23N3O3/c1-2-20(25)22-12-11-17-14-24(19-6-4-3-5-18(17)19)13-15-7-9-16(10-8-15)21(26)23-27/h3-10,14,27H,2,11-13H2,1H3,(H,22,25)(H,23,26). The highest BCUT2D eigenvalue weighted by Crippen LogP contribution is 2.23. The van der Waals surface area contributed by atoms with Crippen LogP contribution >= 0.6 is 0 Å². The van der Waals surface area contributed by atoms with Crippen molar-refractivity contribution in [1.29, 1.82) is 0 Å². The molecule has 3 rings (SSSR count). The zero-order valence-electron chi connectivity index (χ0n) is 15.2. The number of amides is 2. The van der Waals surface area contributed by atoms with Crippen molar-refractivity contribution in [3.8, 4) is 0 Å². The third-order valence-corrected chi connectivity index (χ3v) is 4.58. The van der Waals surface area contributed by atoms with Crippen LogP contribution in [0, 0.1) is 0 Å². The Hall–Kier alpha value is -3.12. The molecule has 1 heterocycles. The molecule has 0 aliphatic carbocycles. The Kier molecular flexibility index (Phi) is 5.88. The molecular weight excluding hydrogens is 342 g/mol. The van der Waals surface area contributed by atoms with Crippen LogP contribution in [0.25, 0.3) is 10.9 Å². The van der Waals surface area contributed by atoms with E-state index in [1.165, 1.54) is 10.9 Å². The maximum Gasteiger partial charge on any atom is 0.274 e. The topological polar surface area (TPSA) is 83.4 Å². The summed E-state index contributed by atoms with van der Waals surface area (Å²) in [6, 6.07) is 15.3. The fraction of sp³-hybridized carbons (Fsp3) is 0.238. The number of nitrogens with zero attached hydrogens (tertiary/aromatic N) is 1. The molecule has 1 aromatic heterocycles. The Labute approximate surface area is 157 Å². The Morgan fingerprint density at radius 3 is 2.52 bits per heavy atom. The minimum Gasteiger partial charge on any atom is -0.356 e. The zero-order chi connectivity index (χ0) is 19.2. The van der Waals surface area contributed by atoms with Gasteiger partial charge in [0.1, 0.15) is 0 Å². The van der Waals surface area contributed by atoms with Crippen LogP contribution in [0.4, 0.5) is 0 Å². The first kappa shape index (κ1) is 18.7. The maximum atomic E-state index is 11.4. The highest BCUT2D eigenvalue weighted by Gasteiger charge is 2.10. The van der Waals surface area contributed by atoms with Crippen LogP contribution in [0.2, 0.25) is 0 Å². The van der Waals surface area contributed by atoms with E-state index >= 15 is 0 Å². The van der Waals surface area contributed by atoms with Gasteiger partial charge in [-0.3, -0.25) is 14.8 Å². The summed E-state index contributed by atoms with van der Waals surface area (Å²) in [7, 11) is 0. The molecule has 0 spiro atoms. The van der Waals surface area contributed by atoms with Crippen LogP contribution in [0.15, 0.2) is 54.7 Å². The number of carbonyl (C=O) groups excluding carboxylic acids is 2. The van der Waals surface area contributed by atoms with E-state index in [0.29, 0.717) is 25.1 Å². The van der Waals surface area contributed by atoms with Crippen molar-refractivity contribution in [3.63, 3.8) is 0 Å². The van der Waals surface area contributed by atoms with Gasteiger partial charge in [0.25, 0.3) is 5.91 Å². The molecule has 140 valence electrons. The van der Waals surface area contributed by atoms with E-state index in [1.54, 1.807) is 17.6 Å². The Bertz CT molecular complexity index is 945. The average Bonchev–Trinajstić information content (AvgIpc) is 3.05. The molecule has 0 atom stereocenters. The third kappa shape index (κ3) is 4.35. The SMILES string of the molecule is CCC(=O)NCCc1cn(Cc2ccc(C(=O)NO)cc2)c2ccccc12. The van der Waals surface area contributed by atoms with E-state index in [1.807, 2.05) is 31.2 Å². The summed E-state index contributed by atoms with van der Waals surface area (Å²) in [6.07, 6.45) is 3.39. The minimum absolute atomic E-state index is 0.0609. The van der Waals surface area contributed by atoms with E-state index in [2.05, 4.69) is 28.2 Å². The Morgan fingerprint density at radius 2 is 1.81 bits per heavy atom. The minimum atomic E-state index is -0.524. The molecule has 0 fully saturated rings. The highest BCUT2D eigenvalue weighted by atomic mass is 16.5. The van der Waals surface area contributed by atoms with Crippen molar-refractivity contribution in [2.45, 2.75) is 26.3 Å². The molecule has 0 saturated heterocycles. The number of benzene rings is 2. The van der Waals surface area contributed by atoms with E-state index in [-0.39, 0.29) is 5.91 Å². The second kappa shape index (κ2) is 8.51. The summed E-state index contributed by atoms with van der Waals surface area (Å²) in [6.45, 7) is 3.13. The summed E-state index contributed by atoms with van der Waals surface area (Å²) in [4.78, 5) is 22.9. The second-order valence-corrected chi connectivity index (χ2v) is 6.39. The number of hydroxylamine groups is 1. The van der Waals surface area contributed by atoms with Crippen molar-refractivity contribution in [3.05, 3.63) is 71.4 Å². The first-order valence-corrected chi connectivity index (χ1v) is 8.99. The van der Waals surface area contributed by atoms with Crippen LogP contribution < -0.4 is 10.8 Å². The maximum absolute atomic E-state index is 11.4. The smallest absolute Gasteiger partial charge is 0.274 e. The molecule has 0 aliphatic heterocycles. The molecular formula is C21H23N3O3. The molecule has 0 saturated carbocycles. The Balaban J connectivity index is 1.80. The van der Waals surface area contributed by atoms with Gasteiger partial charge in [0.15, 0.2) is 0 Å². The van der Waals surface area contributed by atoms with Gasteiger partial charge in [-0.2, -0.15) is 0 Å². The van der Waals surface area contributed by atoms with Crippen molar-refractivity contribution >= 4 is 22.7 Å². The number of carbonyl (C=O) groups is 2. The monoisotopic (exact) mass is 365 g/mol. The van der Waals surface area contributed by atoms with Gasteiger partial charge in [-0.05, 0) is 35.7 Å². The van der Waals surface area contributed by atoms with Crippen LogP contribution in [-0.2, 0) is 17.8 Å². The van der Waals surface area contributed by atoms with E-state index in [9.17, 15) is 9.59 Å². The molecule has 6 heteroatoms. The van der Waals surface area contributed by atoms with Crippen molar-refractivity contribution < 1.29 is 14.8 Å².